The average molecular weight is 269 g/mol. The molecule has 0 fully saturated rings. The van der Waals surface area contributed by atoms with Crippen LogP contribution in [0.5, 0.6) is 5.75 Å². The second kappa shape index (κ2) is 6.33. The number of nitrogens with zero attached hydrogens (tertiary/aromatic N) is 1. The zero-order chi connectivity index (χ0) is 14.5. The number of aryl methyl sites for hydroxylation is 2. The van der Waals surface area contributed by atoms with Crippen molar-refractivity contribution in [3.8, 4) is 5.75 Å². The number of carbonyl (C=O) groups excluding carboxylic acids is 1. The second-order valence-electron chi connectivity index (χ2n) is 4.96. The van der Waals surface area contributed by atoms with Gasteiger partial charge >= 0.3 is 0 Å². The van der Waals surface area contributed by atoms with Crippen molar-refractivity contribution in [2.24, 2.45) is 0 Å². The summed E-state index contributed by atoms with van der Waals surface area (Å²) in [5, 5.41) is 0. The number of hydrogen-bond acceptors (Lipinski definition) is 3. The van der Waals surface area contributed by atoms with Gasteiger partial charge in [0.15, 0.2) is 5.78 Å². The highest BCUT2D eigenvalue weighted by Gasteiger charge is 2.11. The lowest BCUT2D eigenvalue weighted by molar-refractivity contribution is 0.103. The van der Waals surface area contributed by atoms with Crippen LogP contribution in [0.4, 0.5) is 0 Å². The van der Waals surface area contributed by atoms with Gasteiger partial charge in [0.1, 0.15) is 5.75 Å². The Hall–Kier alpha value is -2.16. The zero-order valence-electron chi connectivity index (χ0n) is 12.1. The van der Waals surface area contributed by atoms with Crippen molar-refractivity contribution in [3.63, 3.8) is 0 Å². The third-order valence-electron chi connectivity index (χ3n) is 2.93. The van der Waals surface area contributed by atoms with Crippen LogP contribution in [0.3, 0.4) is 0 Å². The molecular formula is C17H19NO2. The van der Waals surface area contributed by atoms with Gasteiger partial charge in [-0.15, -0.1) is 0 Å². The summed E-state index contributed by atoms with van der Waals surface area (Å²) in [6.45, 7) is 6.65. The summed E-state index contributed by atoms with van der Waals surface area (Å²) in [5.41, 5.74) is 3.42. The minimum absolute atomic E-state index is 0.0220. The molecule has 3 heteroatoms. The molecule has 0 saturated carbocycles. The highest BCUT2D eigenvalue weighted by atomic mass is 16.5. The molecule has 1 aromatic heterocycles. The third-order valence-corrected chi connectivity index (χ3v) is 2.93. The summed E-state index contributed by atoms with van der Waals surface area (Å²) in [5.74, 6) is 0.619. The number of carbonyl (C=O) groups is 1. The maximum absolute atomic E-state index is 12.5. The van der Waals surface area contributed by atoms with Crippen LogP contribution in [0.15, 0.2) is 36.7 Å². The van der Waals surface area contributed by atoms with E-state index in [-0.39, 0.29) is 5.78 Å². The first-order chi connectivity index (χ1) is 9.60. The quantitative estimate of drug-likeness (QED) is 0.777. The fourth-order valence-electron chi connectivity index (χ4n) is 2.11. The van der Waals surface area contributed by atoms with E-state index in [1.54, 1.807) is 18.5 Å². The molecule has 0 aliphatic heterocycles. The van der Waals surface area contributed by atoms with Gasteiger partial charge in [-0.2, -0.15) is 0 Å². The van der Waals surface area contributed by atoms with Crippen molar-refractivity contribution in [3.05, 3.63) is 58.9 Å². The monoisotopic (exact) mass is 269 g/mol. The summed E-state index contributed by atoms with van der Waals surface area (Å²) in [7, 11) is 0. The molecule has 0 N–H and O–H groups in total. The minimum Gasteiger partial charge on any atom is -0.492 e. The number of ether oxygens (including phenoxy) is 1. The van der Waals surface area contributed by atoms with Crippen LogP contribution in [-0.4, -0.2) is 17.4 Å². The molecule has 0 radical (unpaired) electrons. The van der Waals surface area contributed by atoms with Crippen LogP contribution in [0.25, 0.3) is 0 Å². The molecule has 0 unspecified atom stereocenters. The summed E-state index contributed by atoms with van der Waals surface area (Å²) in [6, 6.07) is 7.60. The van der Waals surface area contributed by atoms with E-state index in [1.165, 1.54) is 0 Å². The zero-order valence-corrected chi connectivity index (χ0v) is 12.1. The van der Waals surface area contributed by atoms with E-state index >= 15 is 0 Å². The van der Waals surface area contributed by atoms with Crippen LogP contribution in [-0.2, 0) is 0 Å². The number of aromatic nitrogens is 1. The van der Waals surface area contributed by atoms with Crippen LogP contribution in [0, 0.1) is 13.8 Å². The van der Waals surface area contributed by atoms with Crippen LogP contribution in [0.1, 0.15) is 40.4 Å². The number of rotatable bonds is 5. The van der Waals surface area contributed by atoms with E-state index in [4.69, 9.17) is 4.74 Å². The van der Waals surface area contributed by atoms with Crippen LogP contribution >= 0.6 is 0 Å². The largest absolute Gasteiger partial charge is 0.492 e. The van der Waals surface area contributed by atoms with Gasteiger partial charge in [0.2, 0.25) is 0 Å². The maximum Gasteiger partial charge on any atom is 0.194 e. The predicted molar refractivity (Wildman–Crippen MR) is 79.4 cm³/mol. The van der Waals surface area contributed by atoms with Crippen molar-refractivity contribution in [2.75, 3.05) is 6.61 Å². The Labute approximate surface area is 119 Å². The van der Waals surface area contributed by atoms with Crippen molar-refractivity contribution < 1.29 is 9.53 Å². The Morgan fingerprint density at radius 3 is 2.40 bits per heavy atom. The second-order valence-corrected chi connectivity index (χ2v) is 4.96. The normalized spacial score (nSPS) is 10.3. The fourth-order valence-corrected chi connectivity index (χ4v) is 2.11. The van der Waals surface area contributed by atoms with Crippen molar-refractivity contribution in [2.45, 2.75) is 27.2 Å². The number of pyridine rings is 1. The van der Waals surface area contributed by atoms with Gasteiger partial charge in [-0.1, -0.05) is 24.1 Å². The predicted octanol–water partition coefficient (Wildman–Crippen LogP) is 3.72. The first-order valence-electron chi connectivity index (χ1n) is 6.81. The van der Waals surface area contributed by atoms with Crippen molar-refractivity contribution >= 4 is 5.78 Å². The molecule has 2 aromatic rings. The van der Waals surface area contributed by atoms with Gasteiger partial charge in [-0.25, -0.2) is 0 Å². The molecule has 0 aliphatic carbocycles. The highest BCUT2D eigenvalue weighted by Crippen LogP contribution is 2.17. The summed E-state index contributed by atoms with van der Waals surface area (Å²) in [4.78, 5) is 16.6. The van der Waals surface area contributed by atoms with Gasteiger partial charge in [0.05, 0.1) is 12.8 Å². The Morgan fingerprint density at radius 1 is 1.05 bits per heavy atom. The number of ketones is 1. The SMILES string of the molecule is CCCOc1cncc(C(=O)c2cc(C)cc(C)c2)c1. The van der Waals surface area contributed by atoms with Gasteiger partial charge < -0.3 is 4.74 Å². The van der Waals surface area contributed by atoms with E-state index in [2.05, 4.69) is 11.1 Å². The molecule has 0 amide bonds. The summed E-state index contributed by atoms with van der Waals surface area (Å²) in [6.07, 6.45) is 4.14. The van der Waals surface area contributed by atoms with E-state index < -0.39 is 0 Å². The highest BCUT2D eigenvalue weighted by molar-refractivity contribution is 6.09. The minimum atomic E-state index is -0.0220. The van der Waals surface area contributed by atoms with Gasteiger partial charge in [-0.3, -0.25) is 9.78 Å². The van der Waals surface area contributed by atoms with E-state index in [9.17, 15) is 4.79 Å². The van der Waals surface area contributed by atoms with Gasteiger partial charge in [0, 0.05) is 17.3 Å². The smallest absolute Gasteiger partial charge is 0.194 e. The number of hydrogen-bond donors (Lipinski definition) is 0. The molecule has 0 atom stereocenters. The molecule has 0 spiro atoms. The molecule has 3 nitrogen and oxygen atoms in total. The molecular weight excluding hydrogens is 250 g/mol. The van der Waals surface area contributed by atoms with Gasteiger partial charge in [0.25, 0.3) is 0 Å². The summed E-state index contributed by atoms with van der Waals surface area (Å²) < 4.78 is 5.51. The van der Waals surface area contributed by atoms with Crippen LogP contribution < -0.4 is 4.74 Å². The topological polar surface area (TPSA) is 39.2 Å². The third kappa shape index (κ3) is 3.44. The molecule has 1 heterocycles. The first-order valence-corrected chi connectivity index (χ1v) is 6.81. The molecule has 0 aliphatic rings. The molecule has 1 aromatic carbocycles. The Morgan fingerprint density at radius 2 is 1.75 bits per heavy atom. The Balaban J connectivity index is 2.28. The standard InChI is InChI=1S/C17H19NO2/c1-4-5-20-16-9-15(10-18-11-16)17(19)14-7-12(2)6-13(3)8-14/h6-11H,4-5H2,1-3H3. The lowest BCUT2D eigenvalue weighted by atomic mass is 10.0. The van der Waals surface area contributed by atoms with E-state index in [1.807, 2.05) is 32.9 Å². The first kappa shape index (κ1) is 14.3. The fraction of sp³-hybridized carbons (Fsp3) is 0.294. The lowest BCUT2D eigenvalue weighted by Crippen LogP contribution is -2.04. The Kier molecular flexibility index (Phi) is 4.51. The molecule has 0 bridgehead atoms. The lowest BCUT2D eigenvalue weighted by Gasteiger charge is -2.07. The molecule has 0 saturated heterocycles. The van der Waals surface area contributed by atoms with Gasteiger partial charge in [-0.05, 0) is 38.5 Å². The number of benzene rings is 1. The maximum atomic E-state index is 12.5. The van der Waals surface area contributed by atoms with Crippen molar-refractivity contribution in [1.29, 1.82) is 0 Å². The summed E-state index contributed by atoms with van der Waals surface area (Å²) >= 11 is 0. The van der Waals surface area contributed by atoms with E-state index in [0.717, 1.165) is 17.5 Å². The Bertz CT molecular complexity index is 600. The van der Waals surface area contributed by atoms with E-state index in [0.29, 0.717) is 23.5 Å². The molecule has 20 heavy (non-hydrogen) atoms. The average Bonchev–Trinajstić information content (AvgIpc) is 2.43. The van der Waals surface area contributed by atoms with Crippen LogP contribution in [0.2, 0.25) is 0 Å². The molecule has 2 rings (SSSR count). The molecule has 104 valence electrons. The van der Waals surface area contributed by atoms with Crippen molar-refractivity contribution in [1.82, 2.24) is 4.98 Å².